The van der Waals surface area contributed by atoms with Gasteiger partial charge < -0.3 is 10.4 Å². The van der Waals surface area contributed by atoms with Crippen LogP contribution in [0.15, 0.2) is 29.4 Å². The first kappa shape index (κ1) is 14.5. The highest BCUT2D eigenvalue weighted by atomic mass is 32.2. The Morgan fingerprint density at radius 1 is 1.50 bits per heavy atom. The SMILES string of the molecule is CCC(NC(=O)C(C)Sc1ccccn1)C(=O)O. The Hall–Kier alpha value is -1.56. The molecule has 1 aromatic rings. The number of carboxylic acid groups (broad SMARTS) is 1. The first-order valence-corrected chi connectivity index (χ1v) is 6.53. The monoisotopic (exact) mass is 268 g/mol. The molecule has 6 heteroatoms. The van der Waals surface area contributed by atoms with E-state index in [1.165, 1.54) is 11.8 Å². The fourth-order valence-corrected chi connectivity index (χ4v) is 2.10. The van der Waals surface area contributed by atoms with Gasteiger partial charge in [0.2, 0.25) is 5.91 Å². The molecular formula is C12H16N2O3S. The molecule has 0 saturated carbocycles. The van der Waals surface area contributed by atoms with E-state index in [4.69, 9.17) is 5.11 Å². The van der Waals surface area contributed by atoms with Gasteiger partial charge in [0.05, 0.1) is 10.3 Å². The number of pyridine rings is 1. The van der Waals surface area contributed by atoms with Crippen molar-refractivity contribution >= 4 is 23.6 Å². The molecule has 1 aromatic heterocycles. The Labute approximate surface area is 110 Å². The van der Waals surface area contributed by atoms with Gasteiger partial charge in [0.25, 0.3) is 0 Å². The summed E-state index contributed by atoms with van der Waals surface area (Å²) in [7, 11) is 0. The van der Waals surface area contributed by atoms with Gasteiger partial charge in [-0.25, -0.2) is 9.78 Å². The minimum absolute atomic E-state index is 0.292. The van der Waals surface area contributed by atoms with E-state index in [0.29, 0.717) is 6.42 Å². The summed E-state index contributed by atoms with van der Waals surface area (Å²) < 4.78 is 0. The van der Waals surface area contributed by atoms with Crippen LogP contribution in [0.4, 0.5) is 0 Å². The molecule has 0 aliphatic rings. The third-order valence-electron chi connectivity index (χ3n) is 2.33. The second-order valence-corrected chi connectivity index (χ2v) is 5.10. The van der Waals surface area contributed by atoms with Gasteiger partial charge in [-0.05, 0) is 25.5 Å². The smallest absolute Gasteiger partial charge is 0.326 e. The van der Waals surface area contributed by atoms with Crippen LogP contribution in [0.1, 0.15) is 20.3 Å². The molecule has 0 aliphatic carbocycles. The number of aliphatic carboxylic acids is 1. The molecule has 98 valence electrons. The van der Waals surface area contributed by atoms with E-state index < -0.39 is 12.0 Å². The minimum atomic E-state index is -1.01. The first-order valence-electron chi connectivity index (χ1n) is 5.65. The number of hydrogen-bond acceptors (Lipinski definition) is 4. The molecule has 2 unspecified atom stereocenters. The van der Waals surface area contributed by atoms with Crippen molar-refractivity contribution in [2.45, 2.75) is 36.6 Å². The van der Waals surface area contributed by atoms with Crippen LogP contribution in [0.2, 0.25) is 0 Å². The molecule has 18 heavy (non-hydrogen) atoms. The standard InChI is InChI=1S/C12H16N2O3S/c1-3-9(12(16)17)14-11(15)8(2)18-10-6-4-5-7-13-10/h4-9H,3H2,1-2H3,(H,14,15)(H,16,17). The van der Waals surface area contributed by atoms with E-state index in [2.05, 4.69) is 10.3 Å². The molecule has 0 saturated heterocycles. The van der Waals surface area contributed by atoms with E-state index in [9.17, 15) is 9.59 Å². The molecule has 2 N–H and O–H groups in total. The van der Waals surface area contributed by atoms with Crippen molar-refractivity contribution in [1.82, 2.24) is 10.3 Å². The predicted octanol–water partition coefficient (Wildman–Crippen LogP) is 1.54. The molecular weight excluding hydrogens is 252 g/mol. The molecule has 0 bridgehead atoms. The molecule has 5 nitrogen and oxygen atoms in total. The largest absolute Gasteiger partial charge is 0.480 e. The van der Waals surface area contributed by atoms with Crippen molar-refractivity contribution in [3.05, 3.63) is 24.4 Å². The Kier molecular flexibility index (Phi) is 5.64. The van der Waals surface area contributed by atoms with Gasteiger partial charge in [-0.2, -0.15) is 0 Å². The number of aromatic nitrogens is 1. The Morgan fingerprint density at radius 3 is 2.72 bits per heavy atom. The van der Waals surface area contributed by atoms with Crippen LogP contribution in [0, 0.1) is 0 Å². The maximum absolute atomic E-state index is 11.8. The van der Waals surface area contributed by atoms with Gasteiger partial charge in [0, 0.05) is 6.20 Å². The predicted molar refractivity (Wildman–Crippen MR) is 69.4 cm³/mol. The summed E-state index contributed by atoms with van der Waals surface area (Å²) in [5, 5.41) is 11.7. The molecule has 0 spiro atoms. The van der Waals surface area contributed by atoms with Gasteiger partial charge >= 0.3 is 5.97 Å². The van der Waals surface area contributed by atoms with E-state index >= 15 is 0 Å². The third kappa shape index (κ3) is 4.37. The van der Waals surface area contributed by atoms with Crippen LogP contribution >= 0.6 is 11.8 Å². The summed E-state index contributed by atoms with van der Waals surface area (Å²) in [6.07, 6.45) is 2.01. The van der Waals surface area contributed by atoms with Gasteiger partial charge in [-0.1, -0.05) is 24.8 Å². The number of nitrogens with zero attached hydrogens (tertiary/aromatic N) is 1. The Balaban J connectivity index is 2.54. The summed E-state index contributed by atoms with van der Waals surface area (Å²) in [6, 6.07) is 4.62. The van der Waals surface area contributed by atoms with Crippen LogP contribution in [0.3, 0.4) is 0 Å². The van der Waals surface area contributed by atoms with E-state index in [1.807, 2.05) is 12.1 Å². The lowest BCUT2D eigenvalue weighted by atomic mass is 10.2. The highest BCUT2D eigenvalue weighted by Gasteiger charge is 2.22. The van der Waals surface area contributed by atoms with Crippen molar-refractivity contribution < 1.29 is 14.7 Å². The van der Waals surface area contributed by atoms with Crippen LogP contribution in [0.5, 0.6) is 0 Å². The maximum atomic E-state index is 11.8. The maximum Gasteiger partial charge on any atom is 0.326 e. The fraction of sp³-hybridized carbons (Fsp3) is 0.417. The topological polar surface area (TPSA) is 79.3 Å². The second-order valence-electron chi connectivity index (χ2n) is 3.74. The second kappa shape index (κ2) is 7.00. The molecule has 0 aromatic carbocycles. The van der Waals surface area contributed by atoms with Crippen molar-refractivity contribution in [1.29, 1.82) is 0 Å². The normalized spacial score (nSPS) is 13.7. The van der Waals surface area contributed by atoms with Crippen molar-refractivity contribution in [3.63, 3.8) is 0 Å². The molecule has 0 aliphatic heterocycles. The Morgan fingerprint density at radius 2 is 2.22 bits per heavy atom. The van der Waals surface area contributed by atoms with Gasteiger partial charge in [0.15, 0.2) is 0 Å². The number of carboxylic acids is 1. The third-order valence-corrected chi connectivity index (χ3v) is 3.38. The zero-order valence-electron chi connectivity index (χ0n) is 10.3. The summed E-state index contributed by atoms with van der Waals surface area (Å²) in [4.78, 5) is 26.7. The molecule has 0 radical (unpaired) electrons. The first-order chi connectivity index (χ1) is 8.54. The summed E-state index contributed by atoms with van der Waals surface area (Å²) >= 11 is 1.30. The molecule has 2 atom stereocenters. The summed E-state index contributed by atoms with van der Waals surface area (Å²) in [5.74, 6) is -1.30. The number of carbonyl (C=O) groups excluding carboxylic acids is 1. The van der Waals surface area contributed by atoms with Crippen molar-refractivity contribution in [3.8, 4) is 0 Å². The van der Waals surface area contributed by atoms with Gasteiger partial charge in [-0.3, -0.25) is 4.79 Å². The average Bonchev–Trinajstić information content (AvgIpc) is 2.36. The minimum Gasteiger partial charge on any atom is -0.480 e. The number of hydrogen-bond donors (Lipinski definition) is 2. The van der Waals surface area contributed by atoms with Gasteiger partial charge in [0.1, 0.15) is 6.04 Å². The zero-order valence-corrected chi connectivity index (χ0v) is 11.1. The fourth-order valence-electron chi connectivity index (χ4n) is 1.28. The average molecular weight is 268 g/mol. The van der Waals surface area contributed by atoms with E-state index in [1.54, 1.807) is 26.1 Å². The van der Waals surface area contributed by atoms with Gasteiger partial charge in [-0.15, -0.1) is 0 Å². The van der Waals surface area contributed by atoms with Crippen molar-refractivity contribution in [2.24, 2.45) is 0 Å². The zero-order chi connectivity index (χ0) is 13.5. The summed E-state index contributed by atoms with van der Waals surface area (Å²) in [6.45, 7) is 3.44. The molecule has 1 rings (SSSR count). The van der Waals surface area contributed by atoms with Crippen LogP contribution in [-0.4, -0.2) is 33.3 Å². The molecule has 1 heterocycles. The van der Waals surface area contributed by atoms with Crippen molar-refractivity contribution in [2.75, 3.05) is 0 Å². The lowest BCUT2D eigenvalue weighted by Gasteiger charge is -2.15. The van der Waals surface area contributed by atoms with Crippen LogP contribution in [-0.2, 0) is 9.59 Å². The summed E-state index contributed by atoms with van der Waals surface area (Å²) in [5.41, 5.74) is 0. The van der Waals surface area contributed by atoms with Crippen LogP contribution in [0.25, 0.3) is 0 Å². The lowest BCUT2D eigenvalue weighted by molar-refractivity contribution is -0.141. The highest BCUT2D eigenvalue weighted by molar-refractivity contribution is 8.00. The Bertz CT molecular complexity index is 411. The number of amides is 1. The highest BCUT2D eigenvalue weighted by Crippen LogP contribution is 2.20. The van der Waals surface area contributed by atoms with E-state index in [-0.39, 0.29) is 11.2 Å². The van der Waals surface area contributed by atoms with Crippen LogP contribution < -0.4 is 5.32 Å². The number of nitrogens with one attached hydrogen (secondary N) is 1. The van der Waals surface area contributed by atoms with E-state index in [0.717, 1.165) is 5.03 Å². The quantitative estimate of drug-likeness (QED) is 0.765. The number of rotatable bonds is 6. The number of thioether (sulfide) groups is 1. The molecule has 0 fully saturated rings. The molecule has 1 amide bonds. The number of carbonyl (C=O) groups is 2. The lowest BCUT2D eigenvalue weighted by Crippen LogP contribution is -2.43.